The lowest BCUT2D eigenvalue weighted by Crippen LogP contribution is -2.12. The average molecular weight is 263 g/mol. The topological polar surface area (TPSA) is 105 Å². The summed E-state index contributed by atoms with van der Waals surface area (Å²) in [6.45, 7) is 3.81. The van der Waals surface area contributed by atoms with E-state index in [1.165, 1.54) is 6.33 Å². The molecule has 0 aromatic carbocycles. The van der Waals surface area contributed by atoms with Crippen molar-refractivity contribution in [3.05, 3.63) is 24.0 Å². The number of nitrogens with zero attached hydrogens (tertiary/aromatic N) is 6. The van der Waals surface area contributed by atoms with E-state index < -0.39 is 0 Å². The van der Waals surface area contributed by atoms with Gasteiger partial charge in [-0.2, -0.15) is 5.10 Å². The first-order valence-electron chi connectivity index (χ1n) is 6.24. The van der Waals surface area contributed by atoms with E-state index in [4.69, 9.17) is 5.73 Å². The molecule has 2 aromatic rings. The Labute approximate surface area is 110 Å². The molecule has 19 heavy (non-hydrogen) atoms. The fraction of sp³-hybridized carbons (Fsp3) is 0.545. The van der Waals surface area contributed by atoms with E-state index in [-0.39, 0.29) is 12.2 Å². The number of carbonyl (C=O) groups is 1. The second-order valence-corrected chi connectivity index (χ2v) is 4.15. The molecule has 0 radical (unpaired) electrons. The number of nitrogens with two attached hydrogens (primary N) is 1. The minimum atomic E-state index is -0.117. The summed E-state index contributed by atoms with van der Waals surface area (Å²) >= 11 is 0. The first-order valence-corrected chi connectivity index (χ1v) is 6.24. The first-order chi connectivity index (χ1) is 9.24. The molecule has 0 unspecified atom stereocenters. The standard InChI is InChI=1S/C11H17N7O/c1-2-4-18-11(13-8-14-18)6-10(19)9-7-17(5-3-12)16-15-9/h7-8H,2-6,12H2,1H3. The zero-order valence-electron chi connectivity index (χ0n) is 10.9. The molecular weight excluding hydrogens is 246 g/mol. The number of Topliss-reactive ketones (excluding diaryl/α,β-unsaturated/α-hetero) is 1. The van der Waals surface area contributed by atoms with Crippen molar-refractivity contribution in [2.75, 3.05) is 6.54 Å². The molecule has 2 rings (SSSR count). The molecule has 0 amide bonds. The normalized spacial score (nSPS) is 10.8. The number of hydrogen-bond acceptors (Lipinski definition) is 6. The van der Waals surface area contributed by atoms with Gasteiger partial charge in [0.15, 0.2) is 5.78 Å². The minimum Gasteiger partial charge on any atom is -0.329 e. The van der Waals surface area contributed by atoms with Crippen molar-refractivity contribution in [1.29, 1.82) is 0 Å². The number of aryl methyl sites for hydroxylation is 1. The highest BCUT2D eigenvalue weighted by molar-refractivity contribution is 5.94. The fourth-order valence-electron chi connectivity index (χ4n) is 1.73. The maximum absolute atomic E-state index is 12.1. The zero-order chi connectivity index (χ0) is 13.7. The Bertz CT molecular complexity index is 545. The molecule has 0 saturated heterocycles. The summed E-state index contributed by atoms with van der Waals surface area (Å²) in [7, 11) is 0. The highest BCUT2D eigenvalue weighted by Gasteiger charge is 2.15. The van der Waals surface area contributed by atoms with Crippen LogP contribution in [0.1, 0.15) is 29.7 Å². The molecule has 2 aromatic heterocycles. The van der Waals surface area contributed by atoms with Crippen molar-refractivity contribution in [1.82, 2.24) is 29.8 Å². The van der Waals surface area contributed by atoms with Gasteiger partial charge >= 0.3 is 0 Å². The minimum absolute atomic E-state index is 0.117. The lowest BCUT2D eigenvalue weighted by molar-refractivity contribution is 0.0984. The molecule has 0 spiro atoms. The Morgan fingerprint density at radius 3 is 3.00 bits per heavy atom. The monoisotopic (exact) mass is 263 g/mol. The zero-order valence-corrected chi connectivity index (χ0v) is 10.9. The average Bonchev–Trinajstić information content (AvgIpc) is 3.01. The summed E-state index contributed by atoms with van der Waals surface area (Å²) in [5.74, 6) is 0.536. The van der Waals surface area contributed by atoms with Crippen LogP contribution in [-0.2, 0) is 19.5 Å². The van der Waals surface area contributed by atoms with Gasteiger partial charge in [0.05, 0.1) is 19.2 Å². The summed E-state index contributed by atoms with van der Waals surface area (Å²) in [6.07, 6.45) is 4.19. The molecule has 102 valence electrons. The van der Waals surface area contributed by atoms with Gasteiger partial charge < -0.3 is 5.73 Å². The van der Waals surface area contributed by atoms with Crippen LogP contribution in [0.2, 0.25) is 0 Å². The predicted octanol–water partition coefficient (Wildman–Crippen LogP) is -0.336. The molecule has 2 heterocycles. The Morgan fingerprint density at radius 2 is 2.26 bits per heavy atom. The van der Waals surface area contributed by atoms with Gasteiger partial charge in [0, 0.05) is 13.1 Å². The van der Waals surface area contributed by atoms with Gasteiger partial charge in [-0.15, -0.1) is 5.10 Å². The molecule has 0 saturated carbocycles. The molecule has 8 heteroatoms. The van der Waals surface area contributed by atoms with Crippen LogP contribution in [-0.4, -0.2) is 42.1 Å². The van der Waals surface area contributed by atoms with Crippen molar-refractivity contribution in [3.8, 4) is 0 Å². The van der Waals surface area contributed by atoms with Gasteiger partial charge in [0.1, 0.15) is 17.8 Å². The summed E-state index contributed by atoms with van der Waals surface area (Å²) < 4.78 is 3.30. The largest absolute Gasteiger partial charge is 0.329 e. The van der Waals surface area contributed by atoms with E-state index >= 15 is 0 Å². The van der Waals surface area contributed by atoms with E-state index in [1.807, 2.05) is 6.92 Å². The lowest BCUT2D eigenvalue weighted by Gasteiger charge is -2.02. The van der Waals surface area contributed by atoms with E-state index in [0.717, 1.165) is 13.0 Å². The molecule has 0 aliphatic rings. The summed E-state index contributed by atoms with van der Waals surface area (Å²) in [4.78, 5) is 16.2. The van der Waals surface area contributed by atoms with Crippen LogP contribution in [0.4, 0.5) is 0 Å². The smallest absolute Gasteiger partial charge is 0.192 e. The number of carbonyl (C=O) groups excluding carboxylic acids is 1. The SMILES string of the molecule is CCCn1ncnc1CC(=O)c1cn(CCN)nn1. The number of ketones is 1. The molecular formula is C11H17N7O. The lowest BCUT2D eigenvalue weighted by atomic mass is 10.2. The third-order valence-electron chi connectivity index (χ3n) is 2.63. The maximum atomic E-state index is 12.1. The van der Waals surface area contributed by atoms with Crippen LogP contribution >= 0.6 is 0 Å². The number of hydrogen-bond donors (Lipinski definition) is 1. The second-order valence-electron chi connectivity index (χ2n) is 4.15. The predicted molar refractivity (Wildman–Crippen MR) is 67.4 cm³/mol. The highest BCUT2D eigenvalue weighted by atomic mass is 16.1. The maximum Gasteiger partial charge on any atom is 0.192 e. The molecule has 0 aliphatic heterocycles. The van der Waals surface area contributed by atoms with Crippen molar-refractivity contribution >= 4 is 5.78 Å². The van der Waals surface area contributed by atoms with E-state index in [0.29, 0.717) is 24.6 Å². The van der Waals surface area contributed by atoms with E-state index in [2.05, 4.69) is 20.4 Å². The molecule has 0 fully saturated rings. The number of aromatic nitrogens is 6. The molecule has 0 aliphatic carbocycles. The molecule has 2 N–H and O–H groups in total. The first kappa shape index (κ1) is 13.3. The quantitative estimate of drug-likeness (QED) is 0.685. The Hall–Kier alpha value is -2.09. The molecule has 8 nitrogen and oxygen atoms in total. The van der Waals surface area contributed by atoms with E-state index in [1.54, 1.807) is 15.6 Å². The van der Waals surface area contributed by atoms with Gasteiger partial charge in [0.2, 0.25) is 0 Å². The summed E-state index contributed by atoms with van der Waals surface area (Å²) in [5, 5.41) is 11.8. The van der Waals surface area contributed by atoms with Gasteiger partial charge in [-0.3, -0.25) is 9.48 Å². The van der Waals surface area contributed by atoms with Crippen LogP contribution in [0.3, 0.4) is 0 Å². The van der Waals surface area contributed by atoms with Crippen LogP contribution < -0.4 is 5.73 Å². The third-order valence-corrected chi connectivity index (χ3v) is 2.63. The summed E-state index contributed by atoms with van der Waals surface area (Å²) in [5.41, 5.74) is 5.75. The van der Waals surface area contributed by atoms with Crippen LogP contribution in [0, 0.1) is 0 Å². The van der Waals surface area contributed by atoms with Gasteiger partial charge in [-0.05, 0) is 6.42 Å². The fourth-order valence-corrected chi connectivity index (χ4v) is 1.73. The van der Waals surface area contributed by atoms with Crippen LogP contribution in [0.5, 0.6) is 0 Å². The second kappa shape index (κ2) is 6.19. The van der Waals surface area contributed by atoms with Crippen LogP contribution in [0.25, 0.3) is 0 Å². The third kappa shape index (κ3) is 3.22. The van der Waals surface area contributed by atoms with Gasteiger partial charge in [0.25, 0.3) is 0 Å². The highest BCUT2D eigenvalue weighted by Crippen LogP contribution is 2.03. The molecule has 0 atom stereocenters. The van der Waals surface area contributed by atoms with Crippen molar-refractivity contribution in [2.45, 2.75) is 32.9 Å². The molecule has 0 bridgehead atoms. The van der Waals surface area contributed by atoms with Gasteiger partial charge in [-0.1, -0.05) is 12.1 Å². The van der Waals surface area contributed by atoms with Crippen molar-refractivity contribution < 1.29 is 4.79 Å². The Morgan fingerprint density at radius 1 is 1.42 bits per heavy atom. The summed E-state index contributed by atoms with van der Waals surface area (Å²) in [6, 6.07) is 0. The van der Waals surface area contributed by atoms with E-state index in [9.17, 15) is 4.79 Å². The Balaban J connectivity index is 2.05. The van der Waals surface area contributed by atoms with Crippen LogP contribution in [0.15, 0.2) is 12.5 Å². The van der Waals surface area contributed by atoms with Gasteiger partial charge in [-0.25, -0.2) is 9.67 Å². The van der Waals surface area contributed by atoms with Crippen molar-refractivity contribution in [2.24, 2.45) is 5.73 Å². The number of rotatable bonds is 7. The van der Waals surface area contributed by atoms with Crippen molar-refractivity contribution in [3.63, 3.8) is 0 Å². The Kier molecular flexibility index (Phi) is 4.35.